The topological polar surface area (TPSA) is 59.1 Å². The predicted octanol–water partition coefficient (Wildman–Crippen LogP) is 2.04. The molecule has 3 N–H and O–H groups in total. The van der Waals surface area contributed by atoms with Crippen LogP contribution in [0.3, 0.4) is 0 Å². The Bertz CT molecular complexity index is 435. The van der Waals surface area contributed by atoms with Gasteiger partial charge in [0.15, 0.2) is 0 Å². The molecule has 0 bridgehead atoms. The Morgan fingerprint density at radius 1 is 1.47 bits per heavy atom. The molecule has 1 fully saturated rings. The summed E-state index contributed by atoms with van der Waals surface area (Å²) in [4.78, 5) is 4.15. The van der Waals surface area contributed by atoms with Crippen LogP contribution in [0.1, 0.15) is 50.8 Å². The van der Waals surface area contributed by atoms with Crippen molar-refractivity contribution in [3.8, 4) is 0 Å². The van der Waals surface area contributed by atoms with E-state index in [1.54, 1.807) is 13.1 Å². The van der Waals surface area contributed by atoms with Crippen molar-refractivity contribution < 1.29 is 9.50 Å². The van der Waals surface area contributed by atoms with Gasteiger partial charge in [-0.05, 0) is 37.3 Å². The first-order chi connectivity index (χ1) is 7.73. The first-order valence-corrected chi connectivity index (χ1v) is 5.91. The summed E-state index contributed by atoms with van der Waals surface area (Å²) in [5.41, 5.74) is 5.59. The molecule has 0 atom stereocenters. The number of aliphatic hydroxyl groups is 1. The molecule has 17 heavy (non-hydrogen) atoms. The number of rotatable bonds is 2. The molecule has 0 aromatic carbocycles. The average Bonchev–Trinajstić information content (AvgIpc) is 2.13. The molecule has 2 rings (SSSR count). The molecule has 94 valence electrons. The molecule has 1 aromatic rings. The maximum atomic E-state index is 14.0. The zero-order chi connectivity index (χ0) is 12.8. The molecular weight excluding hydrogens is 219 g/mol. The highest BCUT2D eigenvalue weighted by Gasteiger charge is 2.51. The van der Waals surface area contributed by atoms with Crippen LogP contribution < -0.4 is 5.73 Å². The normalized spacial score (nSPS) is 32.6. The third-order valence-corrected chi connectivity index (χ3v) is 3.39. The molecule has 0 saturated heterocycles. The molecule has 0 aliphatic heterocycles. The molecule has 0 unspecified atom stereocenters. The fraction of sp³-hybridized carbons (Fsp3) is 0.615. The van der Waals surface area contributed by atoms with Crippen molar-refractivity contribution in [2.75, 3.05) is 0 Å². The molecule has 1 aliphatic carbocycles. The van der Waals surface area contributed by atoms with Gasteiger partial charge in [-0.3, -0.25) is 4.98 Å². The van der Waals surface area contributed by atoms with E-state index in [1.807, 2.05) is 13.8 Å². The minimum atomic E-state index is -0.816. The molecule has 1 heterocycles. The lowest BCUT2D eigenvalue weighted by Gasteiger charge is -2.48. The van der Waals surface area contributed by atoms with E-state index in [4.69, 9.17) is 5.73 Å². The quantitative estimate of drug-likeness (QED) is 0.829. The van der Waals surface area contributed by atoms with Crippen molar-refractivity contribution in [2.45, 2.75) is 50.7 Å². The first kappa shape index (κ1) is 12.5. The largest absolute Gasteiger partial charge is 0.390 e. The fourth-order valence-electron chi connectivity index (χ4n) is 2.61. The molecule has 0 radical (unpaired) electrons. The summed E-state index contributed by atoms with van der Waals surface area (Å²) in [5.74, 6) is -0.126. The van der Waals surface area contributed by atoms with E-state index in [0.717, 1.165) is 5.56 Å². The number of nitrogens with two attached hydrogens (primary N) is 1. The van der Waals surface area contributed by atoms with E-state index >= 15 is 0 Å². The van der Waals surface area contributed by atoms with Crippen LogP contribution in [0.25, 0.3) is 0 Å². The molecule has 3 nitrogen and oxygen atoms in total. The lowest BCUT2D eigenvalue weighted by molar-refractivity contribution is -0.0764. The van der Waals surface area contributed by atoms with Crippen molar-refractivity contribution >= 4 is 0 Å². The molecule has 1 saturated carbocycles. The van der Waals surface area contributed by atoms with Crippen LogP contribution in [0.4, 0.5) is 4.39 Å². The summed E-state index contributed by atoms with van der Waals surface area (Å²) in [7, 11) is 0. The fourth-order valence-corrected chi connectivity index (χ4v) is 2.61. The highest BCUT2D eigenvalue weighted by molar-refractivity contribution is 5.28. The SMILES string of the molecule is CC(C)c1cnc(C2(N)CC(C)(O)C2)c(F)c1. The van der Waals surface area contributed by atoms with Crippen LogP contribution in [-0.4, -0.2) is 15.7 Å². The van der Waals surface area contributed by atoms with Crippen LogP contribution >= 0.6 is 0 Å². The van der Waals surface area contributed by atoms with Gasteiger partial charge in [-0.25, -0.2) is 4.39 Å². The van der Waals surface area contributed by atoms with Gasteiger partial charge in [0.05, 0.1) is 16.8 Å². The predicted molar refractivity (Wildman–Crippen MR) is 64.0 cm³/mol. The van der Waals surface area contributed by atoms with E-state index in [-0.39, 0.29) is 17.4 Å². The summed E-state index contributed by atoms with van der Waals surface area (Å²) < 4.78 is 14.0. The van der Waals surface area contributed by atoms with Crippen LogP contribution in [0.5, 0.6) is 0 Å². The number of aromatic nitrogens is 1. The van der Waals surface area contributed by atoms with Gasteiger partial charge < -0.3 is 10.8 Å². The monoisotopic (exact) mass is 238 g/mol. The Morgan fingerprint density at radius 3 is 2.47 bits per heavy atom. The number of nitrogens with zero attached hydrogens (tertiary/aromatic N) is 1. The van der Waals surface area contributed by atoms with E-state index in [2.05, 4.69) is 4.98 Å². The Labute approximate surface area is 101 Å². The summed E-state index contributed by atoms with van der Waals surface area (Å²) in [6.07, 6.45) is 2.38. The van der Waals surface area contributed by atoms with Gasteiger partial charge in [0.1, 0.15) is 5.82 Å². The zero-order valence-corrected chi connectivity index (χ0v) is 10.5. The van der Waals surface area contributed by atoms with Crippen molar-refractivity contribution in [1.29, 1.82) is 0 Å². The van der Waals surface area contributed by atoms with Crippen molar-refractivity contribution in [3.63, 3.8) is 0 Å². The number of halogens is 1. The minimum absolute atomic E-state index is 0.240. The molecule has 0 amide bonds. The van der Waals surface area contributed by atoms with Crippen LogP contribution in [0.2, 0.25) is 0 Å². The van der Waals surface area contributed by atoms with Crippen LogP contribution in [0.15, 0.2) is 12.3 Å². The van der Waals surface area contributed by atoms with E-state index in [1.165, 1.54) is 6.07 Å². The molecule has 1 aromatic heterocycles. The Kier molecular flexibility index (Phi) is 2.75. The summed E-state index contributed by atoms with van der Waals surface area (Å²) in [5, 5.41) is 9.71. The number of hydrogen-bond acceptors (Lipinski definition) is 3. The summed E-state index contributed by atoms with van der Waals surface area (Å²) in [6, 6.07) is 1.49. The maximum absolute atomic E-state index is 14.0. The molecule has 0 spiro atoms. The van der Waals surface area contributed by atoms with E-state index in [0.29, 0.717) is 12.8 Å². The van der Waals surface area contributed by atoms with Gasteiger partial charge in [-0.2, -0.15) is 0 Å². The standard InChI is InChI=1S/C13H19FN2O/c1-8(2)9-4-10(14)11(16-5-9)13(15)6-12(3,17)7-13/h4-5,8,17H,6-7,15H2,1-3H3. The lowest BCUT2D eigenvalue weighted by atomic mass is 9.64. The van der Waals surface area contributed by atoms with E-state index < -0.39 is 11.1 Å². The second-order valence-electron chi connectivity index (χ2n) is 5.76. The lowest BCUT2D eigenvalue weighted by Crippen LogP contribution is -2.59. The van der Waals surface area contributed by atoms with Gasteiger partial charge in [0, 0.05) is 6.20 Å². The zero-order valence-electron chi connectivity index (χ0n) is 10.5. The van der Waals surface area contributed by atoms with Gasteiger partial charge in [0.2, 0.25) is 0 Å². The molecule has 4 heteroatoms. The molecule has 1 aliphatic rings. The van der Waals surface area contributed by atoms with Crippen LogP contribution in [-0.2, 0) is 5.54 Å². The first-order valence-electron chi connectivity index (χ1n) is 5.91. The highest BCUT2D eigenvalue weighted by Crippen LogP contribution is 2.46. The van der Waals surface area contributed by atoms with E-state index in [9.17, 15) is 9.50 Å². The number of pyridine rings is 1. The summed E-state index contributed by atoms with van der Waals surface area (Å²) in [6.45, 7) is 5.68. The Hall–Kier alpha value is -1.00. The third-order valence-electron chi connectivity index (χ3n) is 3.39. The van der Waals surface area contributed by atoms with Gasteiger partial charge >= 0.3 is 0 Å². The Balaban J connectivity index is 2.29. The number of hydrogen-bond donors (Lipinski definition) is 2. The average molecular weight is 238 g/mol. The Morgan fingerprint density at radius 2 is 2.06 bits per heavy atom. The van der Waals surface area contributed by atoms with Gasteiger partial charge in [0.25, 0.3) is 0 Å². The van der Waals surface area contributed by atoms with Gasteiger partial charge in [-0.15, -0.1) is 0 Å². The van der Waals surface area contributed by atoms with Crippen molar-refractivity contribution in [2.24, 2.45) is 5.73 Å². The van der Waals surface area contributed by atoms with Gasteiger partial charge in [-0.1, -0.05) is 13.8 Å². The second kappa shape index (κ2) is 3.75. The smallest absolute Gasteiger partial charge is 0.146 e. The molecular formula is C13H19FN2O. The second-order valence-corrected chi connectivity index (χ2v) is 5.76. The van der Waals surface area contributed by atoms with Crippen molar-refractivity contribution in [1.82, 2.24) is 4.98 Å². The minimum Gasteiger partial charge on any atom is -0.390 e. The maximum Gasteiger partial charge on any atom is 0.146 e. The third kappa shape index (κ3) is 2.19. The van der Waals surface area contributed by atoms with Crippen LogP contribution in [0, 0.1) is 5.82 Å². The van der Waals surface area contributed by atoms with Crippen molar-refractivity contribution in [3.05, 3.63) is 29.3 Å². The summed E-state index contributed by atoms with van der Waals surface area (Å²) >= 11 is 0. The highest BCUT2D eigenvalue weighted by atomic mass is 19.1.